The topological polar surface area (TPSA) is 65.5 Å². The lowest BCUT2D eigenvalue weighted by molar-refractivity contribution is -0.137. The quantitative estimate of drug-likeness (QED) is 0.274. The van der Waals surface area contributed by atoms with Gasteiger partial charge in [0.25, 0.3) is 0 Å². The van der Waals surface area contributed by atoms with Gasteiger partial charge in [-0.2, -0.15) is 13.2 Å². The molecule has 9 heteroatoms. The van der Waals surface area contributed by atoms with Gasteiger partial charge in [-0.05, 0) is 48.2 Å². The van der Waals surface area contributed by atoms with E-state index in [0.29, 0.717) is 24.6 Å². The molecule has 1 aliphatic rings. The smallest absolute Gasteiger partial charge is 0.352 e. The monoisotopic (exact) mass is 546 g/mol. The number of benzene rings is 2. The number of halogens is 4. The Morgan fingerprint density at radius 2 is 1.68 bits per heavy atom. The molecule has 0 heterocycles. The molecule has 2 aromatic rings. The zero-order valence-electron chi connectivity index (χ0n) is 17.1. The van der Waals surface area contributed by atoms with Gasteiger partial charge in [0.1, 0.15) is 0 Å². The van der Waals surface area contributed by atoms with Crippen molar-refractivity contribution in [2.75, 3.05) is 12.4 Å². The van der Waals surface area contributed by atoms with Crippen molar-refractivity contribution in [3.63, 3.8) is 0 Å². The van der Waals surface area contributed by atoms with Crippen LogP contribution in [-0.4, -0.2) is 18.9 Å². The first-order valence-corrected chi connectivity index (χ1v) is 9.85. The maximum Gasteiger partial charge on any atom is 0.416 e. The van der Waals surface area contributed by atoms with Crippen LogP contribution in [-0.2, 0) is 24.1 Å². The standard InChI is InChI=1S/C22H25F3N4O.HI/c1-26-21(27-13-15-8-10-18(11-9-15)22(23,24)25)28-14-16-4-2-7-19(12-16)29-20(30)17-5-3-6-17;/h2,4,7-12,17H,3,5-6,13-14H2,1H3,(H,29,30)(H2,26,27,28);1H. The second-order valence-electron chi connectivity index (χ2n) is 7.29. The van der Waals surface area contributed by atoms with Crippen molar-refractivity contribution in [1.82, 2.24) is 10.6 Å². The normalized spacial score (nSPS) is 14.3. The van der Waals surface area contributed by atoms with Crippen LogP contribution in [0.4, 0.5) is 18.9 Å². The number of anilines is 1. The molecule has 2 aromatic carbocycles. The third kappa shape index (κ3) is 7.41. The molecule has 3 rings (SSSR count). The van der Waals surface area contributed by atoms with Crippen LogP contribution in [0.5, 0.6) is 0 Å². The van der Waals surface area contributed by atoms with Crippen LogP contribution in [0.2, 0.25) is 0 Å². The van der Waals surface area contributed by atoms with Gasteiger partial charge in [-0.1, -0.05) is 30.7 Å². The maximum atomic E-state index is 12.6. The average Bonchev–Trinajstić information content (AvgIpc) is 2.66. The average molecular weight is 546 g/mol. The minimum Gasteiger partial charge on any atom is -0.352 e. The Hall–Kier alpha value is -2.30. The fourth-order valence-electron chi connectivity index (χ4n) is 3.08. The lowest BCUT2D eigenvalue weighted by Gasteiger charge is -2.24. The third-order valence-corrected chi connectivity index (χ3v) is 5.10. The molecule has 1 fully saturated rings. The first-order valence-electron chi connectivity index (χ1n) is 9.85. The molecule has 0 aliphatic heterocycles. The molecule has 168 valence electrons. The minimum atomic E-state index is -4.34. The predicted octanol–water partition coefficient (Wildman–Crippen LogP) is 4.93. The molecule has 1 saturated carbocycles. The highest BCUT2D eigenvalue weighted by Crippen LogP contribution is 2.29. The number of amides is 1. The van der Waals surface area contributed by atoms with Crippen molar-refractivity contribution in [2.24, 2.45) is 10.9 Å². The Morgan fingerprint density at radius 1 is 1.03 bits per heavy atom. The largest absolute Gasteiger partial charge is 0.416 e. The first-order chi connectivity index (χ1) is 14.3. The van der Waals surface area contributed by atoms with E-state index in [2.05, 4.69) is 20.9 Å². The predicted molar refractivity (Wildman–Crippen MR) is 126 cm³/mol. The van der Waals surface area contributed by atoms with E-state index in [0.717, 1.165) is 42.6 Å². The van der Waals surface area contributed by atoms with Gasteiger partial charge >= 0.3 is 6.18 Å². The maximum absolute atomic E-state index is 12.6. The Labute approximate surface area is 196 Å². The zero-order chi connectivity index (χ0) is 21.6. The van der Waals surface area contributed by atoms with E-state index in [9.17, 15) is 18.0 Å². The zero-order valence-corrected chi connectivity index (χ0v) is 19.5. The van der Waals surface area contributed by atoms with E-state index >= 15 is 0 Å². The third-order valence-electron chi connectivity index (χ3n) is 5.10. The van der Waals surface area contributed by atoms with Gasteiger partial charge in [0.2, 0.25) is 5.91 Å². The molecule has 0 aromatic heterocycles. The lowest BCUT2D eigenvalue weighted by Crippen LogP contribution is -2.36. The summed E-state index contributed by atoms with van der Waals surface area (Å²) in [6.45, 7) is 0.828. The van der Waals surface area contributed by atoms with Crippen molar-refractivity contribution in [1.29, 1.82) is 0 Å². The van der Waals surface area contributed by atoms with Gasteiger partial charge < -0.3 is 16.0 Å². The Morgan fingerprint density at radius 3 is 2.23 bits per heavy atom. The van der Waals surface area contributed by atoms with Crippen LogP contribution in [0.1, 0.15) is 36.0 Å². The number of alkyl halides is 3. The molecular formula is C22H26F3IN4O. The van der Waals surface area contributed by atoms with Crippen LogP contribution < -0.4 is 16.0 Å². The number of hydrogen-bond acceptors (Lipinski definition) is 2. The number of carbonyl (C=O) groups is 1. The fraction of sp³-hybridized carbons (Fsp3) is 0.364. The molecule has 0 radical (unpaired) electrons. The second kappa shape index (κ2) is 11.4. The van der Waals surface area contributed by atoms with Crippen molar-refractivity contribution in [3.05, 3.63) is 65.2 Å². The van der Waals surface area contributed by atoms with E-state index in [4.69, 9.17) is 0 Å². The number of carbonyl (C=O) groups excluding carboxylic acids is 1. The van der Waals surface area contributed by atoms with Crippen molar-refractivity contribution in [3.8, 4) is 0 Å². The summed E-state index contributed by atoms with van der Waals surface area (Å²) >= 11 is 0. The first kappa shape index (κ1) is 25.0. The van der Waals surface area contributed by atoms with Crippen LogP contribution >= 0.6 is 24.0 Å². The number of rotatable bonds is 6. The number of guanidine groups is 1. The molecule has 0 atom stereocenters. The van der Waals surface area contributed by atoms with Crippen molar-refractivity contribution < 1.29 is 18.0 Å². The number of hydrogen-bond donors (Lipinski definition) is 3. The number of nitrogens with zero attached hydrogens (tertiary/aromatic N) is 1. The molecule has 31 heavy (non-hydrogen) atoms. The van der Waals surface area contributed by atoms with E-state index in [1.807, 2.05) is 24.3 Å². The van der Waals surface area contributed by atoms with Crippen LogP contribution in [0.3, 0.4) is 0 Å². The van der Waals surface area contributed by atoms with E-state index in [-0.39, 0.29) is 35.8 Å². The highest BCUT2D eigenvalue weighted by atomic mass is 127. The van der Waals surface area contributed by atoms with Gasteiger partial charge in [-0.15, -0.1) is 24.0 Å². The Kier molecular flexibility index (Phi) is 9.15. The highest BCUT2D eigenvalue weighted by Gasteiger charge is 2.29. The summed E-state index contributed by atoms with van der Waals surface area (Å²) in [6, 6.07) is 12.6. The van der Waals surface area contributed by atoms with Crippen LogP contribution in [0, 0.1) is 5.92 Å². The minimum absolute atomic E-state index is 0. The molecular weight excluding hydrogens is 520 g/mol. The molecule has 1 aliphatic carbocycles. The summed E-state index contributed by atoms with van der Waals surface area (Å²) in [6.07, 6.45) is -1.32. The molecule has 0 spiro atoms. The summed E-state index contributed by atoms with van der Waals surface area (Å²) < 4.78 is 37.9. The van der Waals surface area contributed by atoms with Gasteiger partial charge in [-0.25, -0.2) is 0 Å². The summed E-state index contributed by atoms with van der Waals surface area (Å²) in [4.78, 5) is 16.2. The van der Waals surface area contributed by atoms with Gasteiger partial charge in [0, 0.05) is 31.7 Å². The van der Waals surface area contributed by atoms with Crippen molar-refractivity contribution >= 4 is 41.5 Å². The second-order valence-corrected chi connectivity index (χ2v) is 7.29. The van der Waals surface area contributed by atoms with Gasteiger partial charge in [-0.3, -0.25) is 9.79 Å². The number of aliphatic imine (C=N–C) groups is 1. The van der Waals surface area contributed by atoms with E-state index < -0.39 is 11.7 Å². The number of nitrogens with one attached hydrogen (secondary N) is 3. The molecule has 5 nitrogen and oxygen atoms in total. The summed E-state index contributed by atoms with van der Waals surface area (Å²) in [5, 5.41) is 9.20. The summed E-state index contributed by atoms with van der Waals surface area (Å²) in [5.74, 6) is 0.721. The fourth-order valence-corrected chi connectivity index (χ4v) is 3.08. The molecule has 1 amide bonds. The van der Waals surface area contributed by atoms with Crippen molar-refractivity contribution in [2.45, 2.75) is 38.5 Å². The molecule has 0 unspecified atom stereocenters. The lowest BCUT2D eigenvalue weighted by atomic mass is 9.85. The van der Waals surface area contributed by atoms with E-state index in [1.165, 1.54) is 12.1 Å². The Bertz CT molecular complexity index is 896. The molecule has 3 N–H and O–H groups in total. The summed E-state index contributed by atoms with van der Waals surface area (Å²) in [7, 11) is 1.62. The van der Waals surface area contributed by atoms with E-state index in [1.54, 1.807) is 7.05 Å². The van der Waals surface area contributed by atoms with Crippen LogP contribution in [0.15, 0.2) is 53.5 Å². The van der Waals surface area contributed by atoms with Gasteiger partial charge in [0.15, 0.2) is 5.96 Å². The highest BCUT2D eigenvalue weighted by molar-refractivity contribution is 14.0. The SMILES string of the molecule is CN=C(NCc1ccc(C(F)(F)F)cc1)NCc1cccc(NC(=O)C2CCC2)c1.I. The van der Waals surface area contributed by atoms with Crippen LogP contribution in [0.25, 0.3) is 0 Å². The Balaban J connectivity index is 0.00000341. The van der Waals surface area contributed by atoms with Gasteiger partial charge in [0.05, 0.1) is 5.56 Å². The molecule has 0 bridgehead atoms. The summed E-state index contributed by atoms with van der Waals surface area (Å²) in [5.41, 5.74) is 1.78. The molecule has 0 saturated heterocycles.